The molecule has 0 aromatic carbocycles. The zero-order valence-corrected chi connectivity index (χ0v) is 13.7. The zero-order chi connectivity index (χ0) is 15.4. The molecule has 21 heavy (non-hydrogen) atoms. The lowest BCUT2D eigenvalue weighted by Gasteiger charge is -2.49. The Labute approximate surface area is 127 Å². The van der Waals surface area contributed by atoms with E-state index in [-0.39, 0.29) is 23.9 Å². The first-order valence-electron chi connectivity index (χ1n) is 8.47. The molecule has 0 radical (unpaired) electrons. The van der Waals surface area contributed by atoms with Crippen LogP contribution in [0.3, 0.4) is 0 Å². The van der Waals surface area contributed by atoms with Crippen molar-refractivity contribution in [3.8, 4) is 0 Å². The number of aliphatic hydroxyl groups excluding tert-OH is 2. The van der Waals surface area contributed by atoms with E-state index in [4.69, 9.17) is 14.6 Å². The van der Waals surface area contributed by atoms with E-state index < -0.39 is 6.29 Å². The highest BCUT2D eigenvalue weighted by Crippen LogP contribution is 2.62. The summed E-state index contributed by atoms with van der Waals surface area (Å²) in [5, 5.41) is 18.8. The summed E-state index contributed by atoms with van der Waals surface area (Å²) in [5.41, 5.74) is -0.456. The van der Waals surface area contributed by atoms with Crippen LogP contribution in [0, 0.1) is 23.7 Å². The monoisotopic (exact) mass is 298 g/mol. The minimum absolute atomic E-state index is 0.123. The molecule has 0 aromatic rings. The van der Waals surface area contributed by atoms with Crippen LogP contribution in [0.15, 0.2) is 0 Å². The molecule has 2 aliphatic heterocycles. The Hall–Kier alpha value is -0.160. The average molecular weight is 298 g/mol. The maximum atomic E-state index is 9.74. The number of fused-ring (bicyclic) bond motifs is 4. The Bertz CT molecular complexity index is 398. The van der Waals surface area contributed by atoms with Gasteiger partial charge in [-0.25, -0.2) is 0 Å². The van der Waals surface area contributed by atoms with E-state index in [0.29, 0.717) is 17.8 Å². The van der Waals surface area contributed by atoms with Gasteiger partial charge in [0.25, 0.3) is 0 Å². The van der Waals surface area contributed by atoms with E-state index in [1.807, 2.05) is 0 Å². The van der Waals surface area contributed by atoms with Gasteiger partial charge in [-0.3, -0.25) is 0 Å². The molecule has 122 valence electrons. The Balaban J connectivity index is 1.92. The summed E-state index contributed by atoms with van der Waals surface area (Å²) in [6.45, 7) is 8.63. The van der Waals surface area contributed by atoms with Crippen molar-refractivity contribution in [2.75, 3.05) is 6.61 Å². The maximum Gasteiger partial charge on any atom is 0.178 e. The third kappa shape index (κ3) is 2.26. The summed E-state index contributed by atoms with van der Waals surface area (Å²) in [6.07, 6.45) is 3.17. The van der Waals surface area contributed by atoms with Gasteiger partial charge in [0.1, 0.15) is 0 Å². The van der Waals surface area contributed by atoms with Gasteiger partial charge in [-0.05, 0) is 43.4 Å². The summed E-state index contributed by atoms with van der Waals surface area (Å²) >= 11 is 0. The summed E-state index contributed by atoms with van der Waals surface area (Å²) in [5.74, 6) is 2.40. The average Bonchev–Trinajstić information content (AvgIpc) is 2.90. The minimum atomic E-state index is -1.10. The summed E-state index contributed by atoms with van der Waals surface area (Å²) < 4.78 is 12.4. The Morgan fingerprint density at radius 2 is 2.00 bits per heavy atom. The molecule has 4 heteroatoms. The fraction of sp³-hybridized carbons (Fsp3) is 1.00. The highest BCUT2D eigenvalue weighted by molar-refractivity contribution is 5.14. The van der Waals surface area contributed by atoms with Crippen LogP contribution in [0.5, 0.6) is 0 Å². The summed E-state index contributed by atoms with van der Waals surface area (Å²) in [4.78, 5) is 0. The third-order valence-electron chi connectivity index (χ3n) is 6.62. The lowest BCUT2D eigenvalue weighted by atomic mass is 9.72. The van der Waals surface area contributed by atoms with Gasteiger partial charge < -0.3 is 19.7 Å². The lowest BCUT2D eigenvalue weighted by molar-refractivity contribution is -0.236. The van der Waals surface area contributed by atoms with E-state index in [1.54, 1.807) is 0 Å². The second-order valence-electron chi connectivity index (χ2n) is 8.00. The van der Waals surface area contributed by atoms with Crippen molar-refractivity contribution in [2.45, 2.75) is 77.0 Å². The van der Waals surface area contributed by atoms with Crippen LogP contribution >= 0.6 is 0 Å². The van der Waals surface area contributed by atoms with Crippen LogP contribution in [-0.4, -0.2) is 40.4 Å². The molecule has 7 unspecified atom stereocenters. The Morgan fingerprint density at radius 1 is 1.29 bits per heavy atom. The molecule has 2 N–H and O–H groups in total. The van der Waals surface area contributed by atoms with E-state index >= 15 is 0 Å². The largest absolute Gasteiger partial charge is 0.391 e. The molecule has 3 aliphatic rings. The van der Waals surface area contributed by atoms with Crippen LogP contribution in [0.25, 0.3) is 0 Å². The molecule has 1 aliphatic carbocycles. The van der Waals surface area contributed by atoms with Gasteiger partial charge in [-0.1, -0.05) is 27.2 Å². The van der Waals surface area contributed by atoms with E-state index in [1.165, 1.54) is 12.8 Å². The number of rotatable bonds is 4. The first kappa shape index (κ1) is 15.7. The molecular weight excluding hydrogens is 268 g/mol. The second kappa shape index (κ2) is 5.19. The van der Waals surface area contributed by atoms with Crippen molar-refractivity contribution in [2.24, 2.45) is 23.7 Å². The predicted octanol–water partition coefficient (Wildman–Crippen LogP) is 2.32. The fourth-order valence-corrected chi connectivity index (χ4v) is 5.23. The van der Waals surface area contributed by atoms with Crippen molar-refractivity contribution < 1.29 is 19.7 Å². The minimum Gasteiger partial charge on any atom is -0.391 e. The van der Waals surface area contributed by atoms with E-state index in [2.05, 4.69) is 27.7 Å². The molecule has 2 saturated heterocycles. The van der Waals surface area contributed by atoms with E-state index in [0.717, 1.165) is 18.8 Å². The van der Waals surface area contributed by atoms with Crippen molar-refractivity contribution in [3.63, 3.8) is 0 Å². The van der Waals surface area contributed by atoms with Gasteiger partial charge in [0.15, 0.2) is 6.29 Å². The van der Waals surface area contributed by atoms with Crippen molar-refractivity contribution in [1.82, 2.24) is 0 Å². The van der Waals surface area contributed by atoms with Crippen molar-refractivity contribution in [3.05, 3.63) is 0 Å². The molecule has 3 rings (SSSR count). The topological polar surface area (TPSA) is 58.9 Å². The van der Waals surface area contributed by atoms with Gasteiger partial charge in [0, 0.05) is 6.42 Å². The molecular formula is C17H30O4. The normalized spacial score (nSPS) is 50.4. The summed E-state index contributed by atoms with van der Waals surface area (Å²) in [6, 6.07) is 0. The number of aliphatic hydroxyl groups is 2. The van der Waals surface area contributed by atoms with Crippen LogP contribution in [0.4, 0.5) is 0 Å². The third-order valence-corrected chi connectivity index (χ3v) is 6.62. The predicted molar refractivity (Wildman–Crippen MR) is 79.6 cm³/mol. The quantitative estimate of drug-likeness (QED) is 0.782. The van der Waals surface area contributed by atoms with E-state index in [9.17, 15) is 5.11 Å². The van der Waals surface area contributed by atoms with Gasteiger partial charge in [-0.15, -0.1) is 0 Å². The number of ether oxygens (including phenoxy) is 2. The van der Waals surface area contributed by atoms with Crippen LogP contribution in [0.1, 0.15) is 53.4 Å². The van der Waals surface area contributed by atoms with Gasteiger partial charge in [-0.2, -0.15) is 0 Å². The standard InChI is InChI=1S/C17H30O4/c1-10(2)17-7-12-11(3)5-6-13(12)16(4,21-17)14(8-17)20-15(19)9-18/h10-15,18-19H,5-9H2,1-4H3. The van der Waals surface area contributed by atoms with Crippen LogP contribution in [0.2, 0.25) is 0 Å². The molecule has 0 aromatic heterocycles. The second-order valence-corrected chi connectivity index (χ2v) is 8.00. The van der Waals surface area contributed by atoms with Crippen molar-refractivity contribution in [1.29, 1.82) is 0 Å². The molecule has 2 bridgehead atoms. The highest BCUT2D eigenvalue weighted by atomic mass is 16.6. The Morgan fingerprint density at radius 3 is 2.62 bits per heavy atom. The lowest BCUT2D eigenvalue weighted by Crippen LogP contribution is -2.53. The van der Waals surface area contributed by atoms with Crippen LogP contribution in [-0.2, 0) is 9.47 Å². The maximum absolute atomic E-state index is 9.74. The smallest absolute Gasteiger partial charge is 0.178 e. The van der Waals surface area contributed by atoms with Gasteiger partial charge >= 0.3 is 0 Å². The highest BCUT2D eigenvalue weighted by Gasteiger charge is 2.66. The molecule has 0 amide bonds. The zero-order valence-electron chi connectivity index (χ0n) is 13.7. The molecule has 0 spiro atoms. The first-order chi connectivity index (χ1) is 9.82. The SMILES string of the molecule is CC1CCC2C1CC1(C(C)C)CC(OC(O)CO)C2(C)O1. The molecule has 3 fully saturated rings. The van der Waals surface area contributed by atoms with Crippen molar-refractivity contribution >= 4 is 0 Å². The van der Waals surface area contributed by atoms with Gasteiger partial charge in [0.05, 0.1) is 23.9 Å². The number of hydrogen-bond acceptors (Lipinski definition) is 4. The first-order valence-corrected chi connectivity index (χ1v) is 8.47. The van der Waals surface area contributed by atoms with Gasteiger partial charge in [0.2, 0.25) is 0 Å². The molecule has 7 atom stereocenters. The van der Waals surface area contributed by atoms with Crippen LogP contribution < -0.4 is 0 Å². The Kier molecular flexibility index (Phi) is 3.89. The number of hydrogen-bond donors (Lipinski definition) is 2. The molecule has 1 saturated carbocycles. The molecule has 4 nitrogen and oxygen atoms in total. The fourth-order valence-electron chi connectivity index (χ4n) is 5.23. The summed E-state index contributed by atoms with van der Waals surface area (Å²) in [7, 11) is 0. The molecule has 2 heterocycles.